The Morgan fingerprint density at radius 1 is 0.793 bits per heavy atom. The van der Waals surface area contributed by atoms with Crippen molar-refractivity contribution >= 4 is 17.2 Å². The van der Waals surface area contributed by atoms with E-state index in [4.69, 9.17) is 0 Å². The van der Waals surface area contributed by atoms with Gasteiger partial charge < -0.3 is 9.80 Å². The lowest BCUT2D eigenvalue weighted by atomic mass is 9.94. The molecule has 29 heavy (non-hydrogen) atoms. The molecule has 0 aromatic heterocycles. The van der Waals surface area contributed by atoms with Crippen LogP contribution in [0.3, 0.4) is 0 Å². The van der Waals surface area contributed by atoms with Crippen LogP contribution in [-0.2, 0) is 0 Å². The highest BCUT2D eigenvalue weighted by atomic mass is 16.2. The molecule has 0 spiro atoms. The zero-order chi connectivity index (χ0) is 20.7. The Balaban J connectivity index is 1.53. The van der Waals surface area contributed by atoms with Crippen LogP contribution in [0, 0.1) is 13.8 Å². The first-order valence-corrected chi connectivity index (χ1v) is 9.88. The molecule has 3 aromatic rings. The Kier molecular flexibility index (Phi) is 4.82. The van der Waals surface area contributed by atoms with Crippen LogP contribution in [0.5, 0.6) is 0 Å². The molecule has 1 heterocycles. The number of anilines is 2. The van der Waals surface area contributed by atoms with Crippen molar-refractivity contribution in [1.29, 1.82) is 0 Å². The number of aryl methyl sites for hydroxylation is 2. The second kappa shape index (κ2) is 7.32. The number of carbonyl (C=O) groups is 1. The number of Topliss-reactive ketones (excluding diaryl/α,β-unsaturated/α-hetero) is 1. The molecule has 3 aromatic carbocycles. The van der Waals surface area contributed by atoms with Gasteiger partial charge in [0.25, 0.3) is 0 Å². The minimum absolute atomic E-state index is 0.0559. The van der Waals surface area contributed by atoms with E-state index in [1.165, 1.54) is 5.56 Å². The maximum absolute atomic E-state index is 12.4. The van der Waals surface area contributed by atoms with E-state index in [0.29, 0.717) is 29.9 Å². The van der Waals surface area contributed by atoms with Gasteiger partial charge in [0, 0.05) is 37.4 Å². The SMILES string of the molecule is CC(=O)c1ccc(N2CCN(c3c(-c4ccc(C)c(C)c4)c(=O)c3=O)CC2)cc1. The van der Waals surface area contributed by atoms with Crippen LogP contribution >= 0.6 is 0 Å². The summed E-state index contributed by atoms with van der Waals surface area (Å²) in [6, 6.07) is 13.5. The molecular formula is C24H24N2O3. The molecule has 0 radical (unpaired) electrons. The minimum atomic E-state index is -0.384. The van der Waals surface area contributed by atoms with E-state index in [1.54, 1.807) is 6.92 Å². The van der Waals surface area contributed by atoms with Gasteiger partial charge in [-0.15, -0.1) is 0 Å². The lowest BCUT2D eigenvalue weighted by Crippen LogP contribution is -2.51. The van der Waals surface area contributed by atoms with Crippen LogP contribution in [0.4, 0.5) is 11.4 Å². The number of piperazine rings is 1. The normalized spacial score (nSPS) is 14.4. The smallest absolute Gasteiger partial charge is 0.250 e. The molecule has 4 rings (SSSR count). The first-order chi connectivity index (χ1) is 13.9. The molecule has 0 unspecified atom stereocenters. The second-order valence-electron chi connectivity index (χ2n) is 7.76. The van der Waals surface area contributed by atoms with Gasteiger partial charge in [-0.3, -0.25) is 14.4 Å². The highest BCUT2D eigenvalue weighted by molar-refractivity contribution is 5.94. The van der Waals surface area contributed by atoms with E-state index in [1.807, 2.05) is 61.2 Å². The first kappa shape index (κ1) is 19.1. The van der Waals surface area contributed by atoms with E-state index in [9.17, 15) is 14.4 Å². The fourth-order valence-corrected chi connectivity index (χ4v) is 3.94. The van der Waals surface area contributed by atoms with Crippen molar-refractivity contribution in [2.24, 2.45) is 0 Å². The molecule has 1 aliphatic heterocycles. The van der Waals surface area contributed by atoms with Gasteiger partial charge in [-0.25, -0.2) is 0 Å². The van der Waals surface area contributed by atoms with Gasteiger partial charge in [0.05, 0.1) is 5.56 Å². The molecule has 5 nitrogen and oxygen atoms in total. The van der Waals surface area contributed by atoms with Gasteiger partial charge in [-0.2, -0.15) is 0 Å². The molecule has 148 valence electrons. The third-order valence-electron chi connectivity index (χ3n) is 5.92. The largest absolute Gasteiger partial charge is 0.368 e. The summed E-state index contributed by atoms with van der Waals surface area (Å²) >= 11 is 0. The fraction of sp³-hybridized carbons (Fsp3) is 0.292. The summed E-state index contributed by atoms with van der Waals surface area (Å²) in [6.07, 6.45) is 0. The van der Waals surface area contributed by atoms with Crippen molar-refractivity contribution in [3.8, 4) is 11.1 Å². The third-order valence-corrected chi connectivity index (χ3v) is 5.92. The summed E-state index contributed by atoms with van der Waals surface area (Å²) < 4.78 is 0. The van der Waals surface area contributed by atoms with Crippen molar-refractivity contribution in [3.63, 3.8) is 0 Å². The third kappa shape index (κ3) is 3.37. The van der Waals surface area contributed by atoms with E-state index >= 15 is 0 Å². The van der Waals surface area contributed by atoms with Gasteiger partial charge in [-0.1, -0.05) is 18.2 Å². The number of hydrogen-bond acceptors (Lipinski definition) is 5. The minimum Gasteiger partial charge on any atom is -0.368 e. The molecule has 0 bridgehead atoms. The first-order valence-electron chi connectivity index (χ1n) is 9.88. The van der Waals surface area contributed by atoms with E-state index in [0.717, 1.165) is 29.9 Å². The lowest BCUT2D eigenvalue weighted by molar-refractivity contribution is 0.101. The molecular weight excluding hydrogens is 364 g/mol. The quantitative estimate of drug-likeness (QED) is 0.508. The molecule has 0 aliphatic carbocycles. The Hall–Kier alpha value is -3.21. The Bertz CT molecular complexity index is 1150. The fourth-order valence-electron chi connectivity index (χ4n) is 3.94. The van der Waals surface area contributed by atoms with Gasteiger partial charge in [0.15, 0.2) is 5.78 Å². The summed E-state index contributed by atoms with van der Waals surface area (Å²) in [5.41, 5.74) is 5.22. The number of hydrogen-bond donors (Lipinski definition) is 0. The van der Waals surface area contributed by atoms with Gasteiger partial charge in [-0.05, 0) is 61.7 Å². The van der Waals surface area contributed by atoms with Crippen LogP contribution < -0.4 is 20.7 Å². The van der Waals surface area contributed by atoms with Crippen molar-refractivity contribution in [1.82, 2.24) is 0 Å². The van der Waals surface area contributed by atoms with Crippen LogP contribution in [0.25, 0.3) is 11.1 Å². The Labute approximate surface area is 169 Å². The predicted molar refractivity (Wildman–Crippen MR) is 117 cm³/mol. The van der Waals surface area contributed by atoms with E-state index in [2.05, 4.69) is 4.90 Å². The Morgan fingerprint density at radius 3 is 2.00 bits per heavy atom. The monoisotopic (exact) mass is 388 g/mol. The van der Waals surface area contributed by atoms with Crippen LogP contribution in [0.15, 0.2) is 52.1 Å². The number of nitrogens with zero attached hydrogens (tertiary/aromatic N) is 2. The number of benzene rings is 2. The molecule has 1 saturated heterocycles. The molecule has 5 heteroatoms. The molecule has 0 N–H and O–H groups in total. The van der Waals surface area contributed by atoms with Gasteiger partial charge >= 0.3 is 0 Å². The number of ketones is 1. The summed E-state index contributed by atoms with van der Waals surface area (Å²) in [5.74, 6) is 0.0559. The van der Waals surface area contributed by atoms with Crippen molar-refractivity contribution < 1.29 is 4.79 Å². The average Bonchev–Trinajstić information content (AvgIpc) is 2.73. The summed E-state index contributed by atoms with van der Waals surface area (Å²) in [7, 11) is 0. The van der Waals surface area contributed by atoms with Crippen LogP contribution in [0.2, 0.25) is 0 Å². The van der Waals surface area contributed by atoms with Crippen LogP contribution in [-0.4, -0.2) is 32.0 Å². The summed E-state index contributed by atoms with van der Waals surface area (Å²) in [5, 5.41) is 0. The lowest BCUT2D eigenvalue weighted by Gasteiger charge is -2.38. The van der Waals surface area contributed by atoms with E-state index < -0.39 is 0 Å². The maximum Gasteiger partial charge on any atom is 0.250 e. The standard InChI is InChI=1S/C24H24N2O3/c1-15-4-5-19(14-16(15)2)21-22(24(29)23(21)28)26-12-10-25(11-13-26)20-8-6-18(7-9-20)17(3)27/h4-9,14H,10-13H2,1-3H3. The molecule has 0 atom stereocenters. The molecule has 1 aliphatic rings. The van der Waals surface area contributed by atoms with Gasteiger partial charge in [0.1, 0.15) is 5.69 Å². The zero-order valence-electron chi connectivity index (χ0n) is 17.0. The second-order valence-corrected chi connectivity index (χ2v) is 7.76. The van der Waals surface area contributed by atoms with Crippen molar-refractivity contribution in [2.75, 3.05) is 36.0 Å². The summed E-state index contributed by atoms with van der Waals surface area (Å²) in [6.45, 7) is 8.47. The molecule has 0 amide bonds. The average molecular weight is 388 g/mol. The zero-order valence-corrected chi connectivity index (χ0v) is 17.0. The number of rotatable bonds is 4. The predicted octanol–water partition coefficient (Wildman–Crippen LogP) is 3.10. The summed E-state index contributed by atoms with van der Waals surface area (Å²) in [4.78, 5) is 40.4. The molecule has 1 fully saturated rings. The maximum atomic E-state index is 12.4. The Morgan fingerprint density at radius 2 is 1.41 bits per heavy atom. The van der Waals surface area contributed by atoms with Gasteiger partial charge in [0.2, 0.25) is 10.9 Å². The highest BCUT2D eigenvalue weighted by Gasteiger charge is 2.29. The topological polar surface area (TPSA) is 57.7 Å². The van der Waals surface area contributed by atoms with E-state index in [-0.39, 0.29) is 16.6 Å². The molecule has 0 saturated carbocycles. The highest BCUT2D eigenvalue weighted by Crippen LogP contribution is 2.29. The van der Waals surface area contributed by atoms with Crippen LogP contribution in [0.1, 0.15) is 28.4 Å². The van der Waals surface area contributed by atoms with Crippen molar-refractivity contribution in [3.05, 3.63) is 79.6 Å². The number of carbonyl (C=O) groups excluding carboxylic acids is 1. The van der Waals surface area contributed by atoms with Crippen molar-refractivity contribution in [2.45, 2.75) is 20.8 Å².